The van der Waals surface area contributed by atoms with E-state index in [9.17, 15) is 4.79 Å². The molecule has 9 nitrogen and oxygen atoms in total. The largest absolute Gasteiger partial charge is 0.495 e. The molecule has 3 aromatic rings. The molecule has 2 amide bonds. The summed E-state index contributed by atoms with van der Waals surface area (Å²) in [5, 5.41) is 18.9. The molecule has 184 valence electrons. The van der Waals surface area contributed by atoms with Crippen molar-refractivity contribution in [2.75, 3.05) is 48.9 Å². The zero-order valence-electron chi connectivity index (χ0n) is 19.4. The van der Waals surface area contributed by atoms with Crippen molar-refractivity contribution in [3.8, 4) is 5.75 Å². The molecule has 1 aliphatic rings. The number of benzene rings is 1. The molecule has 0 radical (unpaired) electrons. The lowest BCUT2D eigenvalue weighted by Gasteiger charge is -2.39. The molecule has 10 heteroatoms. The molecule has 0 unspecified atom stereocenters. The topological polar surface area (TPSA) is 112 Å². The van der Waals surface area contributed by atoms with Crippen molar-refractivity contribution in [3.63, 3.8) is 0 Å². The normalized spacial score (nSPS) is 17.5. The second-order valence-corrected chi connectivity index (χ2v) is 8.67. The first-order chi connectivity index (χ1) is 17.1. The molecule has 1 saturated heterocycles. The van der Waals surface area contributed by atoms with Gasteiger partial charge in [-0.2, -0.15) is 0 Å². The number of amides is 2. The van der Waals surface area contributed by atoms with Gasteiger partial charge in [0.1, 0.15) is 11.6 Å². The van der Waals surface area contributed by atoms with Gasteiger partial charge in [0.15, 0.2) is 0 Å². The van der Waals surface area contributed by atoms with E-state index in [0.29, 0.717) is 36.0 Å². The van der Waals surface area contributed by atoms with Crippen LogP contribution >= 0.6 is 11.6 Å². The maximum atomic E-state index is 12.8. The zero-order valence-corrected chi connectivity index (χ0v) is 20.2. The lowest BCUT2D eigenvalue weighted by atomic mass is 9.88. The molecule has 35 heavy (non-hydrogen) atoms. The number of carbonyl (C=O) groups is 1. The fraction of sp³-hybridized carbons (Fsp3) is 0.320. The van der Waals surface area contributed by atoms with Crippen LogP contribution < -0.4 is 25.6 Å². The van der Waals surface area contributed by atoms with Crippen molar-refractivity contribution < 1.29 is 14.6 Å². The summed E-state index contributed by atoms with van der Waals surface area (Å²) < 4.78 is 5.26. The molecule has 3 heterocycles. The number of anilines is 3. The van der Waals surface area contributed by atoms with Gasteiger partial charge in [-0.15, -0.1) is 0 Å². The van der Waals surface area contributed by atoms with Crippen molar-refractivity contribution in [2.45, 2.75) is 18.4 Å². The first-order valence-corrected chi connectivity index (χ1v) is 11.8. The van der Waals surface area contributed by atoms with Crippen LogP contribution in [0, 0.1) is 0 Å². The number of hydrogen-bond donors (Lipinski definition) is 4. The number of aliphatic hydroxyl groups excluding tert-OH is 1. The highest BCUT2D eigenvalue weighted by atomic mass is 35.5. The highest BCUT2D eigenvalue weighted by Gasteiger charge is 2.33. The molecule has 0 saturated carbocycles. The Kier molecular flexibility index (Phi) is 8.23. The molecule has 2 aromatic heterocycles. The number of ether oxygens (including phenoxy) is 1. The molecule has 0 bridgehead atoms. The van der Waals surface area contributed by atoms with Crippen molar-refractivity contribution in [2.24, 2.45) is 0 Å². The highest BCUT2D eigenvalue weighted by Crippen LogP contribution is 2.30. The number of rotatable bonds is 8. The third kappa shape index (κ3) is 6.52. The minimum atomic E-state index is -0.280. The first-order valence-electron chi connectivity index (χ1n) is 11.4. The average molecular weight is 497 g/mol. The Balaban J connectivity index is 1.51. The van der Waals surface area contributed by atoms with Gasteiger partial charge in [-0.1, -0.05) is 11.6 Å². The standard InChI is InChI=1S/C25H29ClN6O3/c1-35-20-6-7-22(29-15-20)21-16-32(24-14-19(8-10-28-24)27-11-13-33)12-9-23(21)31-25(34)30-18-4-2-17(26)3-5-18/h2-8,10,14-15,21,23,33H,9,11-13,16H2,1H3,(H,27,28)(H2,30,31,34)/t21-,23+/m0/s1. The van der Waals surface area contributed by atoms with Crippen molar-refractivity contribution in [1.82, 2.24) is 15.3 Å². The molecule has 2 atom stereocenters. The van der Waals surface area contributed by atoms with Crippen LogP contribution in [0.15, 0.2) is 60.9 Å². The van der Waals surface area contributed by atoms with Gasteiger partial charge in [-0.05, 0) is 48.9 Å². The quantitative estimate of drug-likeness (QED) is 0.376. The minimum Gasteiger partial charge on any atom is -0.495 e. The Morgan fingerprint density at radius 2 is 2.00 bits per heavy atom. The number of aromatic nitrogens is 2. The molecule has 4 rings (SSSR count). The van der Waals surface area contributed by atoms with Crippen LogP contribution in [0.3, 0.4) is 0 Å². The molecule has 1 aromatic carbocycles. The predicted molar refractivity (Wildman–Crippen MR) is 138 cm³/mol. The van der Waals surface area contributed by atoms with E-state index >= 15 is 0 Å². The number of carbonyl (C=O) groups excluding carboxylic acids is 1. The number of nitrogens with zero attached hydrogens (tertiary/aromatic N) is 3. The number of pyridine rings is 2. The van der Waals surface area contributed by atoms with Crippen LogP contribution in [0.5, 0.6) is 5.75 Å². The van der Waals surface area contributed by atoms with Crippen LogP contribution in [0.2, 0.25) is 5.02 Å². The summed E-state index contributed by atoms with van der Waals surface area (Å²) in [4.78, 5) is 24.1. The van der Waals surface area contributed by atoms with Gasteiger partial charge in [0, 0.05) is 65.9 Å². The summed E-state index contributed by atoms with van der Waals surface area (Å²) in [6, 6.07) is 14.2. The summed E-state index contributed by atoms with van der Waals surface area (Å²) in [6.45, 7) is 1.87. The Labute approximate surface area is 209 Å². The average Bonchev–Trinajstić information content (AvgIpc) is 2.89. The number of piperidine rings is 1. The monoisotopic (exact) mass is 496 g/mol. The van der Waals surface area contributed by atoms with Gasteiger partial charge in [0.2, 0.25) is 0 Å². The van der Waals surface area contributed by atoms with Crippen LogP contribution in [-0.2, 0) is 0 Å². The van der Waals surface area contributed by atoms with Crippen molar-refractivity contribution >= 4 is 34.8 Å². The lowest BCUT2D eigenvalue weighted by Crippen LogP contribution is -2.51. The van der Waals surface area contributed by atoms with Crippen molar-refractivity contribution in [1.29, 1.82) is 0 Å². The Hall–Kier alpha value is -3.56. The molecule has 0 spiro atoms. The van der Waals surface area contributed by atoms with Gasteiger partial charge in [-0.3, -0.25) is 4.98 Å². The van der Waals surface area contributed by atoms with Crippen LogP contribution in [0.4, 0.5) is 22.0 Å². The predicted octanol–water partition coefficient (Wildman–Crippen LogP) is 3.73. The fourth-order valence-electron chi connectivity index (χ4n) is 4.13. The molecule has 0 aliphatic carbocycles. The summed E-state index contributed by atoms with van der Waals surface area (Å²) in [6.07, 6.45) is 4.15. The fourth-order valence-corrected chi connectivity index (χ4v) is 4.26. The van der Waals surface area contributed by atoms with Gasteiger partial charge >= 0.3 is 6.03 Å². The molecule has 1 fully saturated rings. The van der Waals surface area contributed by atoms with Crippen LogP contribution in [-0.4, -0.2) is 60.5 Å². The van der Waals surface area contributed by atoms with E-state index in [0.717, 1.165) is 23.7 Å². The summed E-state index contributed by atoms with van der Waals surface area (Å²) in [7, 11) is 1.61. The molecular weight excluding hydrogens is 468 g/mol. The van der Waals surface area contributed by atoms with Gasteiger partial charge in [0.25, 0.3) is 0 Å². The van der Waals surface area contributed by atoms with E-state index in [4.69, 9.17) is 21.4 Å². The van der Waals surface area contributed by atoms with E-state index in [2.05, 4.69) is 30.8 Å². The van der Waals surface area contributed by atoms with E-state index < -0.39 is 0 Å². The van der Waals surface area contributed by atoms with Gasteiger partial charge < -0.3 is 30.7 Å². The number of urea groups is 1. The first kappa shape index (κ1) is 24.6. The third-order valence-electron chi connectivity index (χ3n) is 5.92. The van der Waals surface area contributed by atoms with E-state index in [-0.39, 0.29) is 24.6 Å². The zero-order chi connectivity index (χ0) is 24.6. The Morgan fingerprint density at radius 3 is 2.71 bits per heavy atom. The number of hydrogen-bond acceptors (Lipinski definition) is 7. The summed E-state index contributed by atoms with van der Waals surface area (Å²) in [5.74, 6) is 1.44. The number of aliphatic hydroxyl groups is 1. The lowest BCUT2D eigenvalue weighted by molar-refractivity contribution is 0.243. The number of halogens is 1. The minimum absolute atomic E-state index is 0.0536. The maximum absolute atomic E-state index is 12.8. The van der Waals surface area contributed by atoms with E-state index in [1.807, 2.05) is 24.3 Å². The second kappa shape index (κ2) is 11.7. The molecule has 4 N–H and O–H groups in total. The second-order valence-electron chi connectivity index (χ2n) is 8.23. The smallest absolute Gasteiger partial charge is 0.319 e. The summed E-state index contributed by atoms with van der Waals surface area (Å²) >= 11 is 5.94. The van der Waals surface area contributed by atoms with Gasteiger partial charge in [0.05, 0.1) is 19.9 Å². The SMILES string of the molecule is COc1ccc([C@@H]2CN(c3cc(NCCO)ccn3)CC[C@H]2NC(=O)Nc2ccc(Cl)cc2)nc1. The molecule has 1 aliphatic heterocycles. The van der Waals surface area contributed by atoms with E-state index in [1.165, 1.54) is 0 Å². The van der Waals surface area contributed by atoms with Gasteiger partial charge in [-0.25, -0.2) is 9.78 Å². The summed E-state index contributed by atoms with van der Waals surface area (Å²) in [5.41, 5.74) is 2.42. The Morgan fingerprint density at radius 1 is 1.17 bits per heavy atom. The molecular formula is C25H29ClN6O3. The number of nitrogens with one attached hydrogen (secondary N) is 3. The third-order valence-corrected chi connectivity index (χ3v) is 6.17. The van der Waals surface area contributed by atoms with E-state index in [1.54, 1.807) is 43.8 Å². The van der Waals surface area contributed by atoms with Crippen LogP contribution in [0.1, 0.15) is 18.0 Å². The number of methoxy groups -OCH3 is 1. The van der Waals surface area contributed by atoms with Crippen molar-refractivity contribution in [3.05, 3.63) is 71.6 Å². The Bertz CT molecular complexity index is 1110. The maximum Gasteiger partial charge on any atom is 0.319 e. The van der Waals surface area contributed by atoms with Crippen LogP contribution in [0.25, 0.3) is 0 Å². The highest BCUT2D eigenvalue weighted by molar-refractivity contribution is 6.30.